The Morgan fingerprint density at radius 1 is 1.13 bits per heavy atom. The Hall–Kier alpha value is -2.84. The summed E-state index contributed by atoms with van der Waals surface area (Å²) in [5, 5.41) is 12.3. The Balaban J connectivity index is 1.56. The third-order valence-corrected chi connectivity index (χ3v) is 5.49. The molecule has 0 spiro atoms. The summed E-state index contributed by atoms with van der Waals surface area (Å²) in [5.41, 5.74) is 1.24. The smallest absolute Gasteiger partial charge is 0.234 e. The number of carbonyl (C=O) groups is 2. The molecular formula is C21H21ClN4O3S. The molecule has 0 fully saturated rings. The van der Waals surface area contributed by atoms with Gasteiger partial charge in [0, 0.05) is 17.8 Å². The first-order valence-corrected chi connectivity index (χ1v) is 10.7. The Labute approximate surface area is 183 Å². The van der Waals surface area contributed by atoms with Crippen LogP contribution in [0.25, 0.3) is 0 Å². The molecule has 0 saturated heterocycles. The monoisotopic (exact) mass is 444 g/mol. The van der Waals surface area contributed by atoms with Gasteiger partial charge in [-0.25, -0.2) is 0 Å². The van der Waals surface area contributed by atoms with Crippen LogP contribution in [0.2, 0.25) is 5.02 Å². The summed E-state index contributed by atoms with van der Waals surface area (Å²) in [6.45, 7) is 4.34. The molecule has 0 saturated carbocycles. The number of hydrogen-bond acceptors (Lipinski definition) is 6. The predicted molar refractivity (Wildman–Crippen MR) is 117 cm³/mol. The molecule has 1 amide bonds. The van der Waals surface area contributed by atoms with E-state index in [1.165, 1.54) is 18.7 Å². The van der Waals surface area contributed by atoms with Gasteiger partial charge in [-0.3, -0.25) is 9.59 Å². The van der Waals surface area contributed by atoms with Gasteiger partial charge in [0.2, 0.25) is 5.91 Å². The molecule has 156 valence electrons. The van der Waals surface area contributed by atoms with Crippen LogP contribution in [-0.2, 0) is 17.9 Å². The number of Topliss-reactive ketones (excluding diaryl/α,β-unsaturated/α-hetero) is 1. The van der Waals surface area contributed by atoms with Gasteiger partial charge >= 0.3 is 0 Å². The standard InChI is InChI=1S/C21H21ClN4O3S/c1-3-26-19(12-29-18-7-5-4-6-17(18)22)24-25-21(26)30-13-20(28)23-16-10-8-15(9-11-16)14(2)27/h4-11H,3,12-13H2,1-2H3,(H,23,28). The summed E-state index contributed by atoms with van der Waals surface area (Å²) in [6.07, 6.45) is 0. The lowest BCUT2D eigenvalue weighted by Crippen LogP contribution is -2.15. The van der Waals surface area contributed by atoms with Crippen molar-refractivity contribution in [3.05, 3.63) is 64.9 Å². The number of ether oxygens (including phenoxy) is 1. The van der Waals surface area contributed by atoms with Crippen LogP contribution in [0.4, 0.5) is 5.69 Å². The lowest BCUT2D eigenvalue weighted by atomic mass is 10.1. The van der Waals surface area contributed by atoms with Gasteiger partial charge in [-0.2, -0.15) is 0 Å². The summed E-state index contributed by atoms with van der Waals surface area (Å²) >= 11 is 7.41. The van der Waals surface area contributed by atoms with Crippen molar-refractivity contribution in [2.45, 2.75) is 32.2 Å². The molecule has 0 atom stereocenters. The first-order chi connectivity index (χ1) is 14.5. The number of carbonyl (C=O) groups excluding carboxylic acids is 2. The lowest BCUT2D eigenvalue weighted by molar-refractivity contribution is -0.113. The zero-order chi connectivity index (χ0) is 21.5. The van der Waals surface area contributed by atoms with Gasteiger partial charge in [-0.15, -0.1) is 10.2 Å². The van der Waals surface area contributed by atoms with E-state index in [0.29, 0.717) is 39.5 Å². The fraction of sp³-hybridized carbons (Fsp3) is 0.238. The van der Waals surface area contributed by atoms with Gasteiger partial charge in [0.1, 0.15) is 12.4 Å². The average molecular weight is 445 g/mol. The average Bonchev–Trinajstić information content (AvgIpc) is 3.14. The summed E-state index contributed by atoms with van der Waals surface area (Å²) in [7, 11) is 0. The van der Waals surface area contributed by atoms with Crippen LogP contribution in [0.15, 0.2) is 53.7 Å². The van der Waals surface area contributed by atoms with Crippen molar-refractivity contribution in [3.8, 4) is 5.75 Å². The van der Waals surface area contributed by atoms with E-state index in [1.54, 1.807) is 36.4 Å². The Morgan fingerprint density at radius 2 is 1.87 bits per heavy atom. The second-order valence-corrected chi connectivity index (χ2v) is 7.68. The highest BCUT2D eigenvalue weighted by atomic mass is 35.5. The first-order valence-electron chi connectivity index (χ1n) is 9.31. The second-order valence-electron chi connectivity index (χ2n) is 6.33. The number of thioether (sulfide) groups is 1. The van der Waals surface area contributed by atoms with Gasteiger partial charge in [0.05, 0.1) is 10.8 Å². The number of para-hydroxylation sites is 1. The molecule has 0 aliphatic rings. The third-order valence-electron chi connectivity index (χ3n) is 4.21. The number of halogens is 1. The van der Waals surface area contributed by atoms with Crippen molar-refractivity contribution in [1.29, 1.82) is 0 Å². The molecule has 9 heteroatoms. The number of nitrogens with one attached hydrogen (secondary N) is 1. The molecule has 3 aromatic rings. The van der Waals surface area contributed by atoms with E-state index in [1.807, 2.05) is 23.6 Å². The fourth-order valence-corrected chi connectivity index (χ4v) is 3.68. The van der Waals surface area contributed by atoms with E-state index in [4.69, 9.17) is 16.3 Å². The van der Waals surface area contributed by atoms with Crippen LogP contribution in [0.5, 0.6) is 5.75 Å². The number of benzene rings is 2. The highest BCUT2D eigenvalue weighted by molar-refractivity contribution is 7.99. The zero-order valence-corrected chi connectivity index (χ0v) is 18.2. The van der Waals surface area contributed by atoms with Crippen LogP contribution < -0.4 is 10.1 Å². The van der Waals surface area contributed by atoms with Crippen molar-refractivity contribution < 1.29 is 14.3 Å². The van der Waals surface area contributed by atoms with Gasteiger partial charge in [-0.1, -0.05) is 35.5 Å². The molecule has 1 aromatic heterocycles. The number of aromatic nitrogens is 3. The van der Waals surface area contributed by atoms with E-state index in [0.717, 1.165) is 0 Å². The SMILES string of the molecule is CCn1c(COc2ccccc2Cl)nnc1SCC(=O)Nc1ccc(C(C)=O)cc1. The normalized spacial score (nSPS) is 10.6. The van der Waals surface area contributed by atoms with Crippen LogP contribution in [-0.4, -0.2) is 32.2 Å². The van der Waals surface area contributed by atoms with Crippen LogP contribution in [0.3, 0.4) is 0 Å². The number of hydrogen-bond donors (Lipinski definition) is 1. The lowest BCUT2D eigenvalue weighted by Gasteiger charge is -2.10. The van der Waals surface area contributed by atoms with Crippen molar-refractivity contribution in [2.75, 3.05) is 11.1 Å². The molecule has 1 heterocycles. The molecule has 2 aromatic carbocycles. The maximum atomic E-state index is 12.3. The quantitative estimate of drug-likeness (QED) is 0.387. The molecule has 3 rings (SSSR count). The molecule has 30 heavy (non-hydrogen) atoms. The van der Waals surface area contributed by atoms with E-state index in [2.05, 4.69) is 15.5 Å². The summed E-state index contributed by atoms with van der Waals surface area (Å²) < 4.78 is 7.64. The molecule has 0 aliphatic heterocycles. The highest BCUT2D eigenvalue weighted by Crippen LogP contribution is 2.25. The van der Waals surface area contributed by atoms with Crippen molar-refractivity contribution in [2.24, 2.45) is 0 Å². The third kappa shape index (κ3) is 5.61. The van der Waals surface area contributed by atoms with Crippen molar-refractivity contribution in [1.82, 2.24) is 14.8 Å². The molecule has 0 aliphatic carbocycles. The number of anilines is 1. The Kier molecular flexibility index (Phi) is 7.48. The van der Waals surface area contributed by atoms with E-state index >= 15 is 0 Å². The Bertz CT molecular complexity index is 1040. The van der Waals surface area contributed by atoms with E-state index < -0.39 is 0 Å². The molecule has 0 bridgehead atoms. The largest absolute Gasteiger partial charge is 0.484 e. The maximum absolute atomic E-state index is 12.3. The van der Waals surface area contributed by atoms with Crippen molar-refractivity contribution >= 4 is 40.7 Å². The Morgan fingerprint density at radius 3 is 2.53 bits per heavy atom. The number of rotatable bonds is 9. The molecule has 0 radical (unpaired) electrons. The van der Waals surface area contributed by atoms with E-state index in [-0.39, 0.29) is 24.1 Å². The van der Waals surface area contributed by atoms with Crippen molar-refractivity contribution in [3.63, 3.8) is 0 Å². The highest BCUT2D eigenvalue weighted by Gasteiger charge is 2.14. The summed E-state index contributed by atoms with van der Waals surface area (Å²) in [5.74, 6) is 1.22. The fourth-order valence-electron chi connectivity index (χ4n) is 2.67. The maximum Gasteiger partial charge on any atom is 0.234 e. The molecule has 7 nitrogen and oxygen atoms in total. The first kappa shape index (κ1) is 21.9. The van der Waals surface area contributed by atoms with Crippen LogP contribution in [0, 0.1) is 0 Å². The van der Waals surface area contributed by atoms with Gasteiger partial charge < -0.3 is 14.6 Å². The minimum Gasteiger partial charge on any atom is -0.484 e. The number of amides is 1. The topological polar surface area (TPSA) is 86.1 Å². The van der Waals surface area contributed by atoms with Crippen LogP contribution >= 0.6 is 23.4 Å². The molecule has 1 N–H and O–H groups in total. The van der Waals surface area contributed by atoms with Gasteiger partial charge in [0.15, 0.2) is 16.8 Å². The molecular weight excluding hydrogens is 424 g/mol. The number of nitrogens with zero attached hydrogens (tertiary/aromatic N) is 3. The summed E-state index contributed by atoms with van der Waals surface area (Å²) in [4.78, 5) is 23.6. The number of ketones is 1. The summed E-state index contributed by atoms with van der Waals surface area (Å²) in [6, 6.07) is 14.0. The van der Waals surface area contributed by atoms with Gasteiger partial charge in [0.25, 0.3) is 0 Å². The predicted octanol–water partition coefficient (Wildman–Crippen LogP) is 4.46. The van der Waals surface area contributed by atoms with Gasteiger partial charge in [-0.05, 0) is 50.2 Å². The molecule has 0 unspecified atom stereocenters. The minimum absolute atomic E-state index is 0.0170. The van der Waals surface area contributed by atoms with E-state index in [9.17, 15) is 9.59 Å². The zero-order valence-electron chi connectivity index (χ0n) is 16.6. The minimum atomic E-state index is -0.171. The second kappa shape index (κ2) is 10.3. The van der Waals surface area contributed by atoms with Crippen LogP contribution in [0.1, 0.15) is 30.0 Å².